The van der Waals surface area contributed by atoms with Gasteiger partial charge >= 0.3 is 0 Å². The molecular weight excluding hydrogens is 269 g/mol. The molecule has 0 unspecified atom stereocenters. The number of carbonyl (C=O) groups is 1. The normalized spacial score (nSPS) is 10.3. The van der Waals surface area contributed by atoms with Crippen molar-refractivity contribution in [1.82, 2.24) is 0 Å². The summed E-state index contributed by atoms with van der Waals surface area (Å²) in [6.45, 7) is 0. The lowest BCUT2D eigenvalue weighted by atomic mass is 9.97. The van der Waals surface area contributed by atoms with Gasteiger partial charge in [-0.15, -0.1) is 0 Å². The summed E-state index contributed by atoms with van der Waals surface area (Å²) in [5.41, 5.74) is 7.90. The first-order chi connectivity index (χ1) is 8.56. The summed E-state index contributed by atoms with van der Waals surface area (Å²) in [5, 5.41) is 1.12. The second-order valence-corrected chi connectivity index (χ2v) is 4.83. The molecule has 0 aromatic heterocycles. The maximum Gasteiger partial charge on any atom is 0.221 e. The van der Waals surface area contributed by atoms with Crippen molar-refractivity contribution in [1.29, 1.82) is 0 Å². The Kier molecular flexibility index (Phi) is 3.90. The van der Waals surface area contributed by atoms with E-state index in [0.717, 1.165) is 16.7 Å². The van der Waals surface area contributed by atoms with Gasteiger partial charge in [-0.2, -0.15) is 0 Å². The Balaban J connectivity index is 2.52. The quantitative estimate of drug-likeness (QED) is 0.915. The Bertz CT molecular complexity index is 576. The summed E-state index contributed by atoms with van der Waals surface area (Å²) in [6.07, 6.45) is 0.195. The Morgan fingerprint density at radius 2 is 1.67 bits per heavy atom. The SMILES string of the molecule is NC(=O)Cc1ccccc1-c1cc(Cl)cc(Cl)c1. The number of hydrogen-bond acceptors (Lipinski definition) is 1. The molecule has 4 heteroatoms. The number of carbonyl (C=O) groups excluding carboxylic acids is 1. The van der Waals surface area contributed by atoms with Crippen LogP contribution in [0, 0.1) is 0 Å². The van der Waals surface area contributed by atoms with E-state index in [2.05, 4.69) is 0 Å². The van der Waals surface area contributed by atoms with E-state index in [1.54, 1.807) is 6.07 Å². The third kappa shape index (κ3) is 3.03. The van der Waals surface area contributed by atoms with Gasteiger partial charge in [0.15, 0.2) is 0 Å². The molecule has 0 aliphatic heterocycles. The molecule has 2 N–H and O–H groups in total. The zero-order valence-electron chi connectivity index (χ0n) is 9.49. The Morgan fingerprint density at radius 1 is 1.06 bits per heavy atom. The molecule has 0 saturated heterocycles. The largest absolute Gasteiger partial charge is 0.369 e. The lowest BCUT2D eigenvalue weighted by molar-refractivity contribution is -0.117. The minimum atomic E-state index is -0.365. The Labute approximate surface area is 115 Å². The van der Waals surface area contributed by atoms with Crippen LogP contribution in [0.5, 0.6) is 0 Å². The van der Waals surface area contributed by atoms with Gasteiger partial charge in [-0.1, -0.05) is 47.5 Å². The lowest BCUT2D eigenvalue weighted by Gasteiger charge is -2.09. The van der Waals surface area contributed by atoms with Crippen molar-refractivity contribution in [2.24, 2.45) is 5.73 Å². The first kappa shape index (κ1) is 12.9. The van der Waals surface area contributed by atoms with E-state index in [1.807, 2.05) is 36.4 Å². The summed E-state index contributed by atoms with van der Waals surface area (Å²) >= 11 is 12.0. The minimum absolute atomic E-state index is 0.195. The lowest BCUT2D eigenvalue weighted by Crippen LogP contribution is -2.14. The molecule has 2 aromatic rings. The highest BCUT2D eigenvalue weighted by Gasteiger charge is 2.08. The van der Waals surface area contributed by atoms with Crippen LogP contribution < -0.4 is 5.73 Å². The molecule has 0 fully saturated rings. The van der Waals surface area contributed by atoms with Gasteiger partial charge in [0, 0.05) is 10.0 Å². The smallest absolute Gasteiger partial charge is 0.221 e. The average Bonchev–Trinajstić information content (AvgIpc) is 2.27. The zero-order valence-corrected chi connectivity index (χ0v) is 11.0. The molecular formula is C14H11Cl2NO. The minimum Gasteiger partial charge on any atom is -0.369 e. The molecule has 1 amide bonds. The molecule has 0 aliphatic carbocycles. The van der Waals surface area contributed by atoms with Crippen LogP contribution in [0.2, 0.25) is 10.0 Å². The van der Waals surface area contributed by atoms with E-state index in [1.165, 1.54) is 0 Å². The summed E-state index contributed by atoms with van der Waals surface area (Å²) in [6, 6.07) is 12.8. The molecule has 0 bridgehead atoms. The molecule has 2 aromatic carbocycles. The van der Waals surface area contributed by atoms with Crippen LogP contribution in [-0.4, -0.2) is 5.91 Å². The van der Waals surface area contributed by atoms with E-state index < -0.39 is 0 Å². The third-order valence-electron chi connectivity index (χ3n) is 2.56. The first-order valence-corrected chi connectivity index (χ1v) is 6.14. The Hall–Kier alpha value is -1.51. The topological polar surface area (TPSA) is 43.1 Å². The first-order valence-electron chi connectivity index (χ1n) is 5.39. The maximum atomic E-state index is 11.1. The zero-order chi connectivity index (χ0) is 13.1. The number of primary amides is 1. The number of nitrogens with two attached hydrogens (primary N) is 1. The fourth-order valence-corrected chi connectivity index (χ4v) is 2.38. The van der Waals surface area contributed by atoms with Gasteiger partial charge in [0.2, 0.25) is 5.91 Å². The molecule has 0 spiro atoms. The number of benzene rings is 2. The van der Waals surface area contributed by atoms with Gasteiger partial charge in [0.1, 0.15) is 0 Å². The van der Waals surface area contributed by atoms with Gasteiger partial charge < -0.3 is 5.73 Å². The second kappa shape index (κ2) is 5.42. The van der Waals surface area contributed by atoms with Crippen LogP contribution in [0.25, 0.3) is 11.1 Å². The number of hydrogen-bond donors (Lipinski definition) is 1. The molecule has 0 aliphatic rings. The highest BCUT2D eigenvalue weighted by atomic mass is 35.5. The average molecular weight is 280 g/mol. The van der Waals surface area contributed by atoms with Crippen molar-refractivity contribution in [3.63, 3.8) is 0 Å². The fraction of sp³-hybridized carbons (Fsp3) is 0.0714. The molecule has 0 saturated carbocycles. The van der Waals surface area contributed by atoms with Crippen LogP contribution in [0.15, 0.2) is 42.5 Å². The van der Waals surface area contributed by atoms with Crippen molar-refractivity contribution in [3.05, 3.63) is 58.1 Å². The van der Waals surface area contributed by atoms with Gasteiger partial charge in [-0.25, -0.2) is 0 Å². The maximum absolute atomic E-state index is 11.1. The summed E-state index contributed by atoms with van der Waals surface area (Å²) in [7, 11) is 0. The van der Waals surface area contributed by atoms with Crippen molar-refractivity contribution in [3.8, 4) is 11.1 Å². The molecule has 0 heterocycles. The number of halogens is 2. The van der Waals surface area contributed by atoms with E-state index in [-0.39, 0.29) is 12.3 Å². The standard InChI is InChI=1S/C14H11Cl2NO/c15-11-5-10(6-12(16)8-11)13-4-2-1-3-9(13)7-14(17)18/h1-6,8H,7H2,(H2,17,18). The predicted molar refractivity (Wildman–Crippen MR) is 74.8 cm³/mol. The molecule has 2 nitrogen and oxygen atoms in total. The van der Waals surface area contributed by atoms with E-state index in [4.69, 9.17) is 28.9 Å². The fourth-order valence-electron chi connectivity index (χ4n) is 1.85. The van der Waals surface area contributed by atoms with E-state index >= 15 is 0 Å². The van der Waals surface area contributed by atoms with Crippen LogP contribution in [-0.2, 0) is 11.2 Å². The third-order valence-corrected chi connectivity index (χ3v) is 2.99. The molecule has 92 valence electrons. The van der Waals surface area contributed by atoms with Crippen LogP contribution in [0.1, 0.15) is 5.56 Å². The van der Waals surface area contributed by atoms with Gasteiger partial charge in [-0.05, 0) is 34.9 Å². The predicted octanol–water partition coefficient (Wildman–Crippen LogP) is 3.69. The summed E-state index contributed by atoms with van der Waals surface area (Å²) < 4.78 is 0. The number of rotatable bonds is 3. The second-order valence-electron chi connectivity index (χ2n) is 3.96. The van der Waals surface area contributed by atoms with Gasteiger partial charge in [0.05, 0.1) is 6.42 Å². The Morgan fingerprint density at radius 3 is 2.28 bits per heavy atom. The molecule has 18 heavy (non-hydrogen) atoms. The molecule has 2 rings (SSSR count). The highest BCUT2D eigenvalue weighted by molar-refractivity contribution is 6.35. The summed E-state index contributed by atoms with van der Waals surface area (Å²) in [5.74, 6) is -0.365. The highest BCUT2D eigenvalue weighted by Crippen LogP contribution is 2.29. The van der Waals surface area contributed by atoms with Crippen molar-refractivity contribution < 1.29 is 4.79 Å². The van der Waals surface area contributed by atoms with E-state index in [9.17, 15) is 4.79 Å². The van der Waals surface area contributed by atoms with Crippen molar-refractivity contribution in [2.75, 3.05) is 0 Å². The van der Waals surface area contributed by atoms with Crippen molar-refractivity contribution >= 4 is 29.1 Å². The van der Waals surface area contributed by atoms with Gasteiger partial charge in [-0.3, -0.25) is 4.79 Å². The van der Waals surface area contributed by atoms with Crippen LogP contribution >= 0.6 is 23.2 Å². The van der Waals surface area contributed by atoms with Crippen LogP contribution in [0.3, 0.4) is 0 Å². The van der Waals surface area contributed by atoms with Crippen LogP contribution in [0.4, 0.5) is 0 Å². The molecule has 0 radical (unpaired) electrons. The summed E-state index contributed by atoms with van der Waals surface area (Å²) in [4.78, 5) is 11.1. The number of amides is 1. The van der Waals surface area contributed by atoms with E-state index in [0.29, 0.717) is 10.0 Å². The van der Waals surface area contributed by atoms with Crippen molar-refractivity contribution in [2.45, 2.75) is 6.42 Å². The monoisotopic (exact) mass is 279 g/mol. The molecule has 0 atom stereocenters. The van der Waals surface area contributed by atoms with Gasteiger partial charge in [0.25, 0.3) is 0 Å².